The first-order valence-corrected chi connectivity index (χ1v) is 7.70. The van der Waals surface area contributed by atoms with Crippen LogP contribution in [0.5, 0.6) is 11.5 Å². The molecule has 0 radical (unpaired) electrons. The van der Waals surface area contributed by atoms with Crippen LogP contribution in [-0.2, 0) is 17.8 Å². The van der Waals surface area contributed by atoms with Gasteiger partial charge in [0.25, 0.3) is 0 Å². The number of methoxy groups -OCH3 is 2. The van der Waals surface area contributed by atoms with Crippen molar-refractivity contribution in [2.75, 3.05) is 20.8 Å². The molecule has 0 aliphatic carbocycles. The Bertz CT molecular complexity index is 620. The third-order valence-electron chi connectivity index (χ3n) is 3.78. The molecule has 0 N–H and O–H groups in total. The maximum absolute atomic E-state index is 12.5. The van der Waals surface area contributed by atoms with Crippen molar-refractivity contribution in [2.24, 2.45) is 0 Å². The van der Waals surface area contributed by atoms with E-state index >= 15 is 0 Å². The molecule has 0 aliphatic heterocycles. The monoisotopic (exact) mass is 313 g/mol. The van der Waals surface area contributed by atoms with Crippen LogP contribution < -0.4 is 9.47 Å². The molecular weight excluding hydrogens is 290 g/mol. The van der Waals surface area contributed by atoms with Gasteiger partial charge in [-0.1, -0.05) is 24.3 Å². The minimum absolute atomic E-state index is 0.119. The minimum Gasteiger partial charge on any atom is -0.497 e. The van der Waals surface area contributed by atoms with Gasteiger partial charge in [-0.15, -0.1) is 0 Å². The molecule has 1 amide bonds. The normalized spacial score (nSPS) is 10.2. The third kappa shape index (κ3) is 4.74. The van der Waals surface area contributed by atoms with Gasteiger partial charge in [0, 0.05) is 13.1 Å². The number of likely N-dealkylation sites (N-methyl/N-ethyl adjacent to an activating group) is 1. The van der Waals surface area contributed by atoms with Crippen molar-refractivity contribution in [3.63, 3.8) is 0 Å². The molecule has 2 rings (SSSR count). The van der Waals surface area contributed by atoms with Crippen molar-refractivity contribution < 1.29 is 14.3 Å². The highest BCUT2D eigenvalue weighted by Crippen LogP contribution is 2.15. The Morgan fingerprint density at radius 1 is 0.870 bits per heavy atom. The maximum atomic E-state index is 12.5. The molecular formula is C19H23NO3. The first kappa shape index (κ1) is 16.9. The Kier molecular flexibility index (Phi) is 6.03. The molecule has 0 aliphatic rings. The van der Waals surface area contributed by atoms with Crippen molar-refractivity contribution in [2.45, 2.75) is 19.9 Å². The molecule has 23 heavy (non-hydrogen) atoms. The van der Waals surface area contributed by atoms with Crippen LogP contribution in [0.25, 0.3) is 0 Å². The standard InChI is InChI=1S/C19H23NO3/c1-4-20(14-16-7-11-18(23-3)12-8-16)19(21)13-15-5-9-17(22-2)10-6-15/h5-12H,4,13-14H2,1-3H3. The van der Waals surface area contributed by atoms with Crippen molar-refractivity contribution in [3.8, 4) is 11.5 Å². The van der Waals surface area contributed by atoms with Gasteiger partial charge in [0.15, 0.2) is 0 Å². The van der Waals surface area contributed by atoms with Gasteiger partial charge in [0.05, 0.1) is 20.6 Å². The molecule has 0 saturated carbocycles. The average Bonchev–Trinajstić information content (AvgIpc) is 2.60. The average molecular weight is 313 g/mol. The summed E-state index contributed by atoms with van der Waals surface area (Å²) in [7, 11) is 3.28. The van der Waals surface area contributed by atoms with E-state index < -0.39 is 0 Å². The second-order valence-corrected chi connectivity index (χ2v) is 5.28. The first-order chi connectivity index (χ1) is 11.2. The highest BCUT2D eigenvalue weighted by Gasteiger charge is 2.13. The summed E-state index contributed by atoms with van der Waals surface area (Å²) in [6.07, 6.45) is 0.397. The third-order valence-corrected chi connectivity index (χ3v) is 3.78. The van der Waals surface area contributed by atoms with Crippen LogP contribution in [-0.4, -0.2) is 31.6 Å². The number of nitrogens with zero attached hydrogens (tertiary/aromatic N) is 1. The van der Waals surface area contributed by atoms with E-state index in [0.29, 0.717) is 19.5 Å². The maximum Gasteiger partial charge on any atom is 0.227 e. The fraction of sp³-hybridized carbons (Fsp3) is 0.316. The number of rotatable bonds is 7. The van der Waals surface area contributed by atoms with E-state index in [2.05, 4.69) is 0 Å². The molecule has 2 aromatic carbocycles. The van der Waals surface area contributed by atoms with Gasteiger partial charge in [-0.25, -0.2) is 0 Å². The van der Waals surface area contributed by atoms with Crippen LogP contribution in [0.3, 0.4) is 0 Å². The molecule has 0 heterocycles. The van der Waals surface area contributed by atoms with Crippen LogP contribution in [0.2, 0.25) is 0 Å². The number of carbonyl (C=O) groups excluding carboxylic acids is 1. The topological polar surface area (TPSA) is 38.8 Å². The lowest BCUT2D eigenvalue weighted by Gasteiger charge is -2.21. The molecule has 122 valence electrons. The second-order valence-electron chi connectivity index (χ2n) is 5.28. The molecule has 4 nitrogen and oxygen atoms in total. The number of benzene rings is 2. The quantitative estimate of drug-likeness (QED) is 0.787. The van der Waals surface area contributed by atoms with Crippen LogP contribution >= 0.6 is 0 Å². The second kappa shape index (κ2) is 8.22. The SMILES string of the molecule is CCN(Cc1ccc(OC)cc1)C(=O)Cc1ccc(OC)cc1. The van der Waals surface area contributed by atoms with Gasteiger partial charge in [-0.05, 0) is 42.3 Å². The van der Waals surface area contributed by atoms with E-state index in [1.165, 1.54) is 0 Å². The largest absolute Gasteiger partial charge is 0.497 e. The lowest BCUT2D eigenvalue weighted by atomic mass is 10.1. The number of amides is 1. The Hall–Kier alpha value is -2.49. The molecule has 4 heteroatoms. The van der Waals surface area contributed by atoms with Gasteiger partial charge in [-0.3, -0.25) is 4.79 Å². The molecule has 0 unspecified atom stereocenters. The van der Waals surface area contributed by atoms with E-state index in [9.17, 15) is 4.79 Å². The number of hydrogen-bond acceptors (Lipinski definition) is 3. The van der Waals surface area contributed by atoms with E-state index in [1.54, 1.807) is 14.2 Å². The smallest absolute Gasteiger partial charge is 0.227 e. The van der Waals surface area contributed by atoms with Gasteiger partial charge in [0.2, 0.25) is 5.91 Å². The molecule has 2 aromatic rings. The summed E-state index contributed by atoms with van der Waals surface area (Å²) in [6.45, 7) is 3.28. The molecule has 0 bridgehead atoms. The van der Waals surface area contributed by atoms with Crippen LogP contribution in [0.1, 0.15) is 18.1 Å². The van der Waals surface area contributed by atoms with E-state index in [-0.39, 0.29) is 5.91 Å². The van der Waals surface area contributed by atoms with E-state index in [1.807, 2.05) is 60.4 Å². The molecule has 0 fully saturated rings. The summed E-state index contributed by atoms with van der Waals surface area (Å²) in [5.41, 5.74) is 2.08. The summed E-state index contributed by atoms with van der Waals surface area (Å²) in [5, 5.41) is 0. The van der Waals surface area contributed by atoms with Gasteiger partial charge < -0.3 is 14.4 Å². The zero-order valence-corrected chi connectivity index (χ0v) is 13.9. The van der Waals surface area contributed by atoms with Crippen molar-refractivity contribution in [1.82, 2.24) is 4.90 Å². The predicted octanol–water partition coefficient (Wildman–Crippen LogP) is 3.30. The first-order valence-electron chi connectivity index (χ1n) is 7.70. The van der Waals surface area contributed by atoms with Gasteiger partial charge in [0.1, 0.15) is 11.5 Å². The van der Waals surface area contributed by atoms with Crippen molar-refractivity contribution in [1.29, 1.82) is 0 Å². The number of ether oxygens (including phenoxy) is 2. The fourth-order valence-corrected chi connectivity index (χ4v) is 2.36. The Morgan fingerprint density at radius 2 is 1.35 bits per heavy atom. The zero-order valence-electron chi connectivity index (χ0n) is 13.9. The molecule has 0 atom stereocenters. The van der Waals surface area contributed by atoms with Crippen LogP contribution in [0.15, 0.2) is 48.5 Å². The fourth-order valence-electron chi connectivity index (χ4n) is 2.36. The summed E-state index contributed by atoms with van der Waals surface area (Å²) >= 11 is 0. The van der Waals surface area contributed by atoms with E-state index in [0.717, 1.165) is 22.6 Å². The van der Waals surface area contributed by atoms with Crippen LogP contribution in [0, 0.1) is 0 Å². The number of hydrogen-bond donors (Lipinski definition) is 0. The highest BCUT2D eigenvalue weighted by molar-refractivity contribution is 5.78. The minimum atomic E-state index is 0.119. The van der Waals surface area contributed by atoms with Crippen molar-refractivity contribution in [3.05, 3.63) is 59.7 Å². The molecule has 0 saturated heterocycles. The van der Waals surface area contributed by atoms with Gasteiger partial charge >= 0.3 is 0 Å². The summed E-state index contributed by atoms with van der Waals surface area (Å²) < 4.78 is 10.3. The Labute approximate surface area is 137 Å². The van der Waals surface area contributed by atoms with Gasteiger partial charge in [-0.2, -0.15) is 0 Å². The highest BCUT2D eigenvalue weighted by atomic mass is 16.5. The van der Waals surface area contributed by atoms with Crippen molar-refractivity contribution >= 4 is 5.91 Å². The van der Waals surface area contributed by atoms with E-state index in [4.69, 9.17) is 9.47 Å². The Balaban J connectivity index is 1.99. The summed E-state index contributed by atoms with van der Waals surface area (Å²) in [5.74, 6) is 1.74. The lowest BCUT2D eigenvalue weighted by Crippen LogP contribution is -2.31. The molecule has 0 aromatic heterocycles. The summed E-state index contributed by atoms with van der Waals surface area (Å²) in [4.78, 5) is 14.3. The molecule has 0 spiro atoms. The lowest BCUT2D eigenvalue weighted by molar-refractivity contribution is -0.130. The predicted molar refractivity (Wildman–Crippen MR) is 90.8 cm³/mol. The zero-order chi connectivity index (χ0) is 16.7. The number of carbonyl (C=O) groups is 1. The summed E-state index contributed by atoms with van der Waals surface area (Å²) in [6, 6.07) is 15.4. The van der Waals surface area contributed by atoms with Crippen LogP contribution in [0.4, 0.5) is 0 Å². The Morgan fingerprint density at radius 3 is 1.78 bits per heavy atom.